The minimum atomic E-state index is -0.839. The summed E-state index contributed by atoms with van der Waals surface area (Å²) in [5.41, 5.74) is 2.35. The third-order valence-corrected chi connectivity index (χ3v) is 6.22. The Kier molecular flexibility index (Phi) is 5.80. The van der Waals surface area contributed by atoms with Crippen LogP contribution in [0.3, 0.4) is 0 Å². The highest BCUT2D eigenvalue weighted by molar-refractivity contribution is 6.52. The van der Waals surface area contributed by atoms with Crippen molar-refractivity contribution < 1.29 is 14.7 Å². The lowest BCUT2D eigenvalue weighted by molar-refractivity contribution is -0.132. The molecule has 0 aliphatic carbocycles. The first-order chi connectivity index (χ1) is 14.8. The lowest BCUT2D eigenvalue weighted by atomic mass is 9.92. The maximum atomic E-state index is 13.1. The van der Waals surface area contributed by atoms with Crippen LogP contribution in [0.1, 0.15) is 22.7 Å². The van der Waals surface area contributed by atoms with E-state index in [1.807, 2.05) is 31.2 Å². The normalized spacial score (nSPS) is 17.9. The van der Waals surface area contributed by atoms with Crippen molar-refractivity contribution in [3.05, 3.63) is 104 Å². The van der Waals surface area contributed by atoms with Crippen LogP contribution in [0, 0.1) is 6.92 Å². The third-order valence-electron chi connectivity index (χ3n) is 5.23. The number of carbonyl (C=O) groups is 2. The van der Waals surface area contributed by atoms with Crippen LogP contribution >= 0.6 is 34.8 Å². The summed E-state index contributed by atoms with van der Waals surface area (Å²) in [6.07, 6.45) is 0. The Hall–Kier alpha value is -2.79. The second-order valence-electron chi connectivity index (χ2n) is 7.13. The maximum absolute atomic E-state index is 13.1. The Morgan fingerprint density at radius 1 is 0.903 bits per heavy atom. The van der Waals surface area contributed by atoms with E-state index >= 15 is 0 Å². The molecule has 0 radical (unpaired) electrons. The highest BCUT2D eigenvalue weighted by atomic mass is 35.5. The topological polar surface area (TPSA) is 57.6 Å². The predicted octanol–water partition coefficient (Wildman–Crippen LogP) is 6.58. The van der Waals surface area contributed by atoms with Gasteiger partial charge in [-0.05, 0) is 60.5 Å². The number of nitrogens with zero attached hydrogens (tertiary/aromatic N) is 1. The molecule has 1 aliphatic rings. The van der Waals surface area contributed by atoms with Gasteiger partial charge < -0.3 is 5.11 Å². The average Bonchev–Trinajstić information content (AvgIpc) is 3.01. The van der Waals surface area contributed by atoms with Crippen LogP contribution < -0.4 is 4.90 Å². The number of Topliss-reactive ketones (excluding diaryl/α,β-unsaturated/α-hetero) is 1. The van der Waals surface area contributed by atoms with Crippen LogP contribution in [-0.4, -0.2) is 16.8 Å². The first-order valence-corrected chi connectivity index (χ1v) is 10.5. The molecule has 0 spiro atoms. The fourth-order valence-electron chi connectivity index (χ4n) is 3.68. The van der Waals surface area contributed by atoms with Crippen LogP contribution in [0.25, 0.3) is 5.76 Å². The van der Waals surface area contributed by atoms with Crippen LogP contribution in [0.5, 0.6) is 0 Å². The fourth-order valence-corrected chi connectivity index (χ4v) is 4.10. The highest BCUT2D eigenvalue weighted by Crippen LogP contribution is 2.44. The number of benzene rings is 3. The van der Waals surface area contributed by atoms with Crippen molar-refractivity contribution in [1.82, 2.24) is 0 Å². The largest absolute Gasteiger partial charge is 0.507 e. The number of halogens is 3. The van der Waals surface area contributed by atoms with E-state index in [-0.39, 0.29) is 16.4 Å². The van der Waals surface area contributed by atoms with Crippen molar-refractivity contribution in [3.8, 4) is 0 Å². The molecule has 1 unspecified atom stereocenters. The number of aliphatic hydroxyl groups is 1. The van der Waals surface area contributed by atoms with Gasteiger partial charge >= 0.3 is 0 Å². The zero-order valence-electron chi connectivity index (χ0n) is 16.3. The van der Waals surface area contributed by atoms with Gasteiger partial charge in [-0.25, -0.2) is 0 Å². The number of hydrogen-bond donors (Lipinski definition) is 1. The van der Waals surface area contributed by atoms with E-state index in [1.165, 1.54) is 11.0 Å². The number of hydrogen-bond acceptors (Lipinski definition) is 3. The van der Waals surface area contributed by atoms with Gasteiger partial charge in [-0.15, -0.1) is 0 Å². The molecule has 3 aromatic rings. The minimum absolute atomic E-state index is 0.00676. The molecule has 0 aromatic heterocycles. The van der Waals surface area contributed by atoms with Crippen LogP contribution in [0.2, 0.25) is 15.1 Å². The Balaban J connectivity index is 1.98. The lowest BCUT2D eigenvalue weighted by Crippen LogP contribution is -2.29. The quantitative estimate of drug-likeness (QED) is 0.266. The number of carbonyl (C=O) groups excluding carboxylic acids is 2. The van der Waals surface area contributed by atoms with Gasteiger partial charge in [0.2, 0.25) is 0 Å². The van der Waals surface area contributed by atoms with Crippen molar-refractivity contribution in [2.75, 3.05) is 4.90 Å². The Morgan fingerprint density at radius 3 is 2.23 bits per heavy atom. The van der Waals surface area contributed by atoms with Crippen molar-refractivity contribution in [1.29, 1.82) is 0 Å². The molecule has 4 nitrogen and oxygen atoms in total. The van der Waals surface area contributed by atoms with Gasteiger partial charge in [-0.3, -0.25) is 14.5 Å². The second kappa shape index (κ2) is 8.39. The molecule has 31 heavy (non-hydrogen) atoms. The minimum Gasteiger partial charge on any atom is -0.507 e. The Morgan fingerprint density at radius 2 is 1.58 bits per heavy atom. The van der Waals surface area contributed by atoms with Crippen LogP contribution in [0.4, 0.5) is 5.69 Å². The van der Waals surface area contributed by atoms with Gasteiger partial charge in [0, 0.05) is 16.3 Å². The van der Waals surface area contributed by atoms with Gasteiger partial charge in [0.1, 0.15) is 5.76 Å². The van der Waals surface area contributed by atoms with Crippen molar-refractivity contribution in [2.24, 2.45) is 0 Å². The molecule has 1 saturated heterocycles. The molecule has 0 bridgehead atoms. The van der Waals surface area contributed by atoms with E-state index in [1.54, 1.807) is 36.4 Å². The van der Waals surface area contributed by atoms with E-state index in [4.69, 9.17) is 34.8 Å². The summed E-state index contributed by atoms with van der Waals surface area (Å²) in [5.74, 6) is -1.82. The average molecular weight is 473 g/mol. The van der Waals surface area contributed by atoms with E-state index in [0.29, 0.717) is 26.9 Å². The maximum Gasteiger partial charge on any atom is 0.300 e. The standard InChI is InChI=1S/C24H16Cl3NO3/c1-13-4-2-3-5-17(13)21-20(22(29)14-6-8-15(25)9-7-14)23(30)24(31)28(21)16-10-11-18(26)19(27)12-16/h2-12,21,29H,1H3/b22-20+. The highest BCUT2D eigenvalue weighted by Gasteiger charge is 2.47. The van der Waals surface area contributed by atoms with Gasteiger partial charge in [0.05, 0.1) is 21.7 Å². The molecular formula is C24H16Cl3NO3. The zero-order chi connectivity index (χ0) is 22.3. The molecular weight excluding hydrogens is 457 g/mol. The van der Waals surface area contributed by atoms with E-state index in [9.17, 15) is 14.7 Å². The molecule has 1 heterocycles. The Labute approximate surface area is 194 Å². The van der Waals surface area contributed by atoms with E-state index < -0.39 is 17.7 Å². The van der Waals surface area contributed by atoms with Gasteiger partial charge in [-0.2, -0.15) is 0 Å². The number of ketones is 1. The van der Waals surface area contributed by atoms with Gasteiger partial charge in [0.15, 0.2) is 0 Å². The van der Waals surface area contributed by atoms with Crippen LogP contribution in [0.15, 0.2) is 72.3 Å². The van der Waals surface area contributed by atoms with Crippen LogP contribution in [-0.2, 0) is 9.59 Å². The van der Waals surface area contributed by atoms with Crippen molar-refractivity contribution in [2.45, 2.75) is 13.0 Å². The third kappa shape index (κ3) is 3.83. The number of aliphatic hydroxyl groups excluding tert-OH is 1. The summed E-state index contributed by atoms with van der Waals surface area (Å²) in [6.45, 7) is 1.88. The van der Waals surface area contributed by atoms with Gasteiger partial charge in [-0.1, -0.05) is 59.1 Å². The molecule has 1 aliphatic heterocycles. The lowest BCUT2D eigenvalue weighted by Gasteiger charge is -2.27. The molecule has 0 saturated carbocycles. The van der Waals surface area contributed by atoms with Crippen molar-refractivity contribution in [3.63, 3.8) is 0 Å². The monoisotopic (exact) mass is 471 g/mol. The summed E-state index contributed by atoms with van der Waals surface area (Å²) in [4.78, 5) is 27.6. The molecule has 4 rings (SSSR count). The number of anilines is 1. The van der Waals surface area contributed by atoms with E-state index in [0.717, 1.165) is 5.56 Å². The molecule has 1 atom stereocenters. The summed E-state index contributed by atoms with van der Waals surface area (Å²) in [6, 6.07) is 17.7. The summed E-state index contributed by atoms with van der Waals surface area (Å²) < 4.78 is 0. The first-order valence-electron chi connectivity index (χ1n) is 9.37. The number of rotatable bonds is 3. The molecule has 1 N–H and O–H groups in total. The molecule has 1 fully saturated rings. The fraction of sp³-hybridized carbons (Fsp3) is 0.0833. The number of aryl methyl sites for hydroxylation is 1. The predicted molar refractivity (Wildman–Crippen MR) is 124 cm³/mol. The summed E-state index contributed by atoms with van der Waals surface area (Å²) in [7, 11) is 0. The second-order valence-corrected chi connectivity index (χ2v) is 8.38. The first kappa shape index (κ1) is 21.4. The summed E-state index contributed by atoms with van der Waals surface area (Å²) >= 11 is 18.2. The molecule has 156 valence electrons. The zero-order valence-corrected chi connectivity index (χ0v) is 18.5. The smallest absolute Gasteiger partial charge is 0.300 e. The molecule has 7 heteroatoms. The molecule has 3 aromatic carbocycles. The SMILES string of the molecule is Cc1ccccc1C1/C(=C(\O)c2ccc(Cl)cc2)C(=O)C(=O)N1c1ccc(Cl)c(Cl)c1. The van der Waals surface area contributed by atoms with Gasteiger partial charge in [0.25, 0.3) is 11.7 Å². The number of amides is 1. The van der Waals surface area contributed by atoms with Crippen molar-refractivity contribution >= 4 is 57.9 Å². The van der Waals surface area contributed by atoms with E-state index in [2.05, 4.69) is 0 Å². The Bertz CT molecular complexity index is 1240. The molecule has 1 amide bonds. The summed E-state index contributed by atoms with van der Waals surface area (Å²) in [5, 5.41) is 12.1.